The molecule has 0 saturated carbocycles. The van der Waals surface area contributed by atoms with Gasteiger partial charge in [0.2, 0.25) is 0 Å². The first-order valence-electron chi connectivity index (χ1n) is 6.42. The Hall–Kier alpha value is -1.80. The highest BCUT2D eigenvalue weighted by atomic mass is 35.5. The maximum Gasteiger partial charge on any atom is 0.266 e. The zero-order valence-electron chi connectivity index (χ0n) is 11.4. The number of anilines is 1. The molecule has 0 fully saturated rings. The first kappa shape index (κ1) is 15.6. The molecule has 0 aliphatic carbocycles. The standard InChI is InChI=1S/C16H14ClNO2S/c1-2-11-7-9-21-15(11)16(20)18-14-6-5-13(17)10-12(14)4-3-8-19/h5-7,9-10,19H,2,8H2,1H3,(H,18,20). The van der Waals surface area contributed by atoms with Gasteiger partial charge in [0, 0.05) is 10.6 Å². The van der Waals surface area contributed by atoms with E-state index in [-0.39, 0.29) is 12.5 Å². The Morgan fingerprint density at radius 3 is 2.95 bits per heavy atom. The van der Waals surface area contributed by atoms with Crippen LogP contribution in [0, 0.1) is 11.8 Å². The van der Waals surface area contributed by atoms with Crippen molar-refractivity contribution in [3.63, 3.8) is 0 Å². The van der Waals surface area contributed by atoms with Crippen molar-refractivity contribution in [2.45, 2.75) is 13.3 Å². The number of thiophene rings is 1. The van der Waals surface area contributed by atoms with Crippen molar-refractivity contribution in [2.24, 2.45) is 0 Å². The number of rotatable bonds is 3. The van der Waals surface area contributed by atoms with Crippen LogP contribution >= 0.6 is 22.9 Å². The van der Waals surface area contributed by atoms with Crippen molar-refractivity contribution in [1.82, 2.24) is 0 Å². The fraction of sp³-hybridized carbons (Fsp3) is 0.188. The van der Waals surface area contributed by atoms with Gasteiger partial charge in [0.05, 0.1) is 10.6 Å². The molecule has 0 atom stereocenters. The van der Waals surface area contributed by atoms with Crippen molar-refractivity contribution in [1.29, 1.82) is 0 Å². The molecule has 2 aromatic rings. The lowest BCUT2D eigenvalue weighted by Gasteiger charge is -2.08. The lowest BCUT2D eigenvalue weighted by Crippen LogP contribution is -2.13. The predicted molar refractivity (Wildman–Crippen MR) is 87.1 cm³/mol. The molecule has 0 bridgehead atoms. The number of aliphatic hydroxyl groups excluding tert-OH is 1. The second-order valence-electron chi connectivity index (χ2n) is 4.23. The summed E-state index contributed by atoms with van der Waals surface area (Å²) in [6.45, 7) is 1.77. The van der Waals surface area contributed by atoms with E-state index < -0.39 is 0 Å². The Labute approximate surface area is 132 Å². The number of aryl methyl sites for hydroxylation is 1. The third kappa shape index (κ3) is 3.85. The van der Waals surface area contributed by atoms with Crippen molar-refractivity contribution in [3.8, 4) is 11.8 Å². The molecule has 3 nitrogen and oxygen atoms in total. The molecule has 0 spiro atoms. The zero-order valence-corrected chi connectivity index (χ0v) is 13.0. The van der Waals surface area contributed by atoms with Crippen LogP contribution in [0.5, 0.6) is 0 Å². The van der Waals surface area contributed by atoms with Gasteiger partial charge in [-0.2, -0.15) is 0 Å². The number of aliphatic hydroxyl groups is 1. The van der Waals surface area contributed by atoms with Crippen LogP contribution in [-0.4, -0.2) is 17.6 Å². The molecular formula is C16H14ClNO2S. The van der Waals surface area contributed by atoms with Crippen LogP contribution in [0.15, 0.2) is 29.6 Å². The summed E-state index contributed by atoms with van der Waals surface area (Å²) in [5, 5.41) is 14.1. The molecule has 5 heteroatoms. The van der Waals surface area contributed by atoms with Gasteiger partial charge in [0.1, 0.15) is 6.61 Å². The molecule has 0 aliphatic rings. The molecule has 1 heterocycles. The van der Waals surface area contributed by atoms with E-state index in [1.165, 1.54) is 11.3 Å². The highest BCUT2D eigenvalue weighted by Gasteiger charge is 2.13. The van der Waals surface area contributed by atoms with Crippen LogP contribution in [-0.2, 0) is 6.42 Å². The maximum atomic E-state index is 12.3. The average molecular weight is 320 g/mol. The SMILES string of the molecule is CCc1ccsc1C(=O)Nc1ccc(Cl)cc1C#CCO. The number of amides is 1. The van der Waals surface area contributed by atoms with Gasteiger partial charge in [-0.15, -0.1) is 11.3 Å². The number of hydrogen-bond donors (Lipinski definition) is 2. The maximum absolute atomic E-state index is 12.3. The van der Waals surface area contributed by atoms with E-state index >= 15 is 0 Å². The van der Waals surface area contributed by atoms with E-state index in [0.29, 0.717) is 21.2 Å². The molecular weight excluding hydrogens is 306 g/mol. The van der Waals surface area contributed by atoms with Crippen molar-refractivity contribution >= 4 is 34.5 Å². The van der Waals surface area contributed by atoms with Crippen LogP contribution < -0.4 is 5.32 Å². The number of benzene rings is 1. The van der Waals surface area contributed by atoms with Gasteiger partial charge in [-0.05, 0) is 41.6 Å². The Balaban J connectivity index is 2.29. The van der Waals surface area contributed by atoms with Crippen molar-refractivity contribution in [3.05, 3.63) is 50.7 Å². The third-order valence-corrected chi connectivity index (χ3v) is 4.06. The Kier molecular flexibility index (Phi) is 5.40. The normalized spacial score (nSPS) is 9.86. The van der Waals surface area contributed by atoms with Crippen LogP contribution in [0.25, 0.3) is 0 Å². The number of nitrogens with one attached hydrogen (secondary N) is 1. The monoisotopic (exact) mass is 319 g/mol. The summed E-state index contributed by atoms with van der Waals surface area (Å²) in [5.74, 6) is 5.19. The molecule has 108 valence electrons. The predicted octanol–water partition coefficient (Wildman–Crippen LogP) is 3.56. The van der Waals surface area contributed by atoms with E-state index in [0.717, 1.165) is 12.0 Å². The first-order chi connectivity index (χ1) is 10.2. The summed E-state index contributed by atoms with van der Waals surface area (Å²) < 4.78 is 0. The minimum atomic E-state index is -0.245. The van der Waals surface area contributed by atoms with Gasteiger partial charge in [0.15, 0.2) is 0 Å². The topological polar surface area (TPSA) is 49.3 Å². The highest BCUT2D eigenvalue weighted by Crippen LogP contribution is 2.23. The van der Waals surface area contributed by atoms with Gasteiger partial charge in [0.25, 0.3) is 5.91 Å². The number of halogens is 1. The smallest absolute Gasteiger partial charge is 0.266 e. The first-order valence-corrected chi connectivity index (χ1v) is 7.68. The minimum Gasteiger partial charge on any atom is -0.384 e. The van der Waals surface area contributed by atoms with Gasteiger partial charge >= 0.3 is 0 Å². The molecule has 1 aromatic carbocycles. The van der Waals surface area contributed by atoms with E-state index in [1.54, 1.807) is 18.2 Å². The van der Waals surface area contributed by atoms with Crippen molar-refractivity contribution in [2.75, 3.05) is 11.9 Å². The lowest BCUT2D eigenvalue weighted by atomic mass is 10.1. The number of carbonyl (C=O) groups excluding carboxylic acids is 1. The molecule has 0 unspecified atom stereocenters. The fourth-order valence-corrected chi connectivity index (χ4v) is 2.92. The number of carbonyl (C=O) groups is 1. The van der Waals surface area contributed by atoms with Crippen LogP contribution in [0.3, 0.4) is 0 Å². The van der Waals surface area contributed by atoms with Gasteiger partial charge in [-0.3, -0.25) is 4.79 Å². The third-order valence-electron chi connectivity index (χ3n) is 2.87. The molecule has 2 rings (SSSR count). The summed E-state index contributed by atoms with van der Waals surface area (Å²) in [5.41, 5.74) is 2.19. The van der Waals surface area contributed by atoms with Gasteiger partial charge in [-0.25, -0.2) is 0 Å². The van der Waals surface area contributed by atoms with Crippen LogP contribution in [0.4, 0.5) is 5.69 Å². The lowest BCUT2D eigenvalue weighted by molar-refractivity contribution is 0.103. The molecule has 1 aromatic heterocycles. The second-order valence-corrected chi connectivity index (χ2v) is 5.58. The van der Waals surface area contributed by atoms with E-state index in [2.05, 4.69) is 17.2 Å². The van der Waals surface area contributed by atoms with Gasteiger partial charge < -0.3 is 10.4 Å². The van der Waals surface area contributed by atoms with E-state index in [9.17, 15) is 4.79 Å². The molecule has 0 radical (unpaired) electrons. The highest BCUT2D eigenvalue weighted by molar-refractivity contribution is 7.12. The summed E-state index contributed by atoms with van der Waals surface area (Å²) >= 11 is 7.35. The van der Waals surface area contributed by atoms with E-state index in [1.807, 2.05) is 18.4 Å². The Bertz CT molecular complexity index is 713. The zero-order chi connectivity index (χ0) is 15.2. The minimum absolute atomic E-state index is 0.156. The Morgan fingerprint density at radius 2 is 2.24 bits per heavy atom. The second kappa shape index (κ2) is 7.28. The van der Waals surface area contributed by atoms with Crippen molar-refractivity contribution < 1.29 is 9.90 Å². The van der Waals surface area contributed by atoms with Gasteiger partial charge in [-0.1, -0.05) is 30.4 Å². The van der Waals surface area contributed by atoms with E-state index in [4.69, 9.17) is 16.7 Å². The molecule has 1 amide bonds. The summed E-state index contributed by atoms with van der Waals surface area (Å²) in [6, 6.07) is 7.01. The number of hydrogen-bond acceptors (Lipinski definition) is 3. The van der Waals surface area contributed by atoms with Crippen LogP contribution in [0.2, 0.25) is 5.02 Å². The molecule has 21 heavy (non-hydrogen) atoms. The fourth-order valence-electron chi connectivity index (χ4n) is 1.86. The Morgan fingerprint density at radius 1 is 1.43 bits per heavy atom. The molecule has 0 aliphatic heterocycles. The largest absolute Gasteiger partial charge is 0.384 e. The summed E-state index contributed by atoms with van der Waals surface area (Å²) in [7, 11) is 0. The molecule has 0 saturated heterocycles. The van der Waals surface area contributed by atoms with Crippen LogP contribution in [0.1, 0.15) is 27.7 Å². The summed E-state index contributed by atoms with van der Waals surface area (Å²) in [6.07, 6.45) is 0.810. The average Bonchev–Trinajstić information content (AvgIpc) is 2.96. The quantitative estimate of drug-likeness (QED) is 0.850. The molecule has 2 N–H and O–H groups in total. The summed E-state index contributed by atoms with van der Waals surface area (Å²) in [4.78, 5) is 13.0.